The average molecular weight is 331 g/mol. The van der Waals surface area contributed by atoms with Crippen molar-refractivity contribution < 1.29 is 23.1 Å². The summed E-state index contributed by atoms with van der Waals surface area (Å²) in [6, 6.07) is 3.72. The number of carbonyl (C=O) groups excluding carboxylic acids is 1. The van der Waals surface area contributed by atoms with Crippen LogP contribution >= 0.6 is 0 Å². The number of halogens is 3. The van der Waals surface area contributed by atoms with Gasteiger partial charge >= 0.3 is 11.9 Å². The summed E-state index contributed by atoms with van der Waals surface area (Å²) >= 11 is 0. The van der Waals surface area contributed by atoms with E-state index in [4.69, 9.17) is 5.11 Å². The molecule has 0 unspecified atom stereocenters. The number of hydrogen-bond acceptors (Lipinski definition) is 3. The van der Waals surface area contributed by atoms with E-state index >= 15 is 0 Å². The Balaban J connectivity index is 2.30. The maximum Gasteiger partial charge on any atom is 0.406 e. The van der Waals surface area contributed by atoms with E-state index in [1.54, 1.807) is 6.92 Å². The molecule has 1 aromatic heterocycles. The van der Waals surface area contributed by atoms with E-state index < -0.39 is 24.3 Å². The molecule has 2 rings (SSSR count). The number of carbonyl (C=O) groups is 1. The molecular weight excluding hydrogens is 315 g/mol. The third-order valence-electron chi connectivity index (χ3n) is 3.31. The lowest BCUT2D eigenvalue weighted by Gasteiger charge is -2.12. The van der Waals surface area contributed by atoms with Crippen molar-refractivity contribution in [2.24, 2.45) is 0 Å². The normalized spacial score (nSPS) is 13.3. The lowest BCUT2D eigenvalue weighted by atomic mass is 10.1. The zero-order chi connectivity index (χ0) is 17.2. The first-order valence-electron chi connectivity index (χ1n) is 6.92. The van der Waals surface area contributed by atoms with Crippen LogP contribution in [0.5, 0.6) is 0 Å². The Morgan fingerprint density at radius 1 is 1.43 bits per heavy atom. The van der Waals surface area contributed by atoms with Gasteiger partial charge in [0, 0.05) is 18.2 Å². The molecule has 126 valence electrons. The van der Waals surface area contributed by atoms with Gasteiger partial charge < -0.3 is 15.4 Å². The smallest absolute Gasteiger partial charge is 0.396 e. The van der Waals surface area contributed by atoms with Gasteiger partial charge in [-0.1, -0.05) is 0 Å². The third kappa shape index (κ3) is 4.13. The lowest BCUT2D eigenvalue weighted by Crippen LogP contribution is -2.33. The second-order valence-electron chi connectivity index (χ2n) is 5.25. The van der Waals surface area contributed by atoms with Crippen LogP contribution in [0.1, 0.15) is 23.7 Å². The van der Waals surface area contributed by atoms with Crippen LogP contribution < -0.4 is 11.0 Å². The Morgan fingerprint density at radius 3 is 2.74 bits per heavy atom. The SMILES string of the molecule is C[C@H](CCO)NC(=O)c1ccc2c(c1)[nH]c(=O)n2CC(F)(F)F. The van der Waals surface area contributed by atoms with Crippen molar-refractivity contribution in [3.63, 3.8) is 0 Å². The van der Waals surface area contributed by atoms with E-state index in [1.807, 2.05) is 0 Å². The molecule has 23 heavy (non-hydrogen) atoms. The summed E-state index contributed by atoms with van der Waals surface area (Å²) in [5.74, 6) is -0.433. The van der Waals surface area contributed by atoms with Gasteiger partial charge in [-0.05, 0) is 31.5 Å². The number of amides is 1. The summed E-state index contributed by atoms with van der Waals surface area (Å²) in [7, 11) is 0. The highest BCUT2D eigenvalue weighted by molar-refractivity contribution is 5.97. The summed E-state index contributed by atoms with van der Waals surface area (Å²) in [4.78, 5) is 26.0. The van der Waals surface area contributed by atoms with Gasteiger partial charge in [-0.2, -0.15) is 13.2 Å². The summed E-state index contributed by atoms with van der Waals surface area (Å²) in [6.07, 6.45) is -4.14. The molecule has 1 aromatic carbocycles. The molecule has 0 fully saturated rings. The highest BCUT2D eigenvalue weighted by Crippen LogP contribution is 2.20. The Morgan fingerprint density at radius 2 is 2.13 bits per heavy atom. The van der Waals surface area contributed by atoms with Crippen molar-refractivity contribution >= 4 is 16.9 Å². The number of fused-ring (bicyclic) bond motifs is 1. The van der Waals surface area contributed by atoms with Crippen LogP contribution in [-0.4, -0.2) is 39.4 Å². The third-order valence-corrected chi connectivity index (χ3v) is 3.31. The molecular formula is C14H16F3N3O3. The fourth-order valence-corrected chi connectivity index (χ4v) is 2.21. The number of aromatic amines is 1. The number of benzene rings is 1. The molecule has 2 aromatic rings. The van der Waals surface area contributed by atoms with Crippen molar-refractivity contribution in [3.05, 3.63) is 34.2 Å². The Hall–Kier alpha value is -2.29. The number of aliphatic hydroxyl groups is 1. The number of imidazole rings is 1. The first-order valence-corrected chi connectivity index (χ1v) is 6.92. The number of aliphatic hydroxyl groups excluding tert-OH is 1. The number of rotatable bonds is 5. The van der Waals surface area contributed by atoms with Crippen molar-refractivity contribution in [1.29, 1.82) is 0 Å². The van der Waals surface area contributed by atoms with Gasteiger partial charge in [-0.15, -0.1) is 0 Å². The van der Waals surface area contributed by atoms with Crippen molar-refractivity contribution in [2.75, 3.05) is 6.61 Å². The van der Waals surface area contributed by atoms with E-state index in [-0.39, 0.29) is 29.2 Å². The molecule has 0 aliphatic carbocycles. The van der Waals surface area contributed by atoms with Crippen LogP contribution in [-0.2, 0) is 6.54 Å². The van der Waals surface area contributed by atoms with Gasteiger partial charge in [0.2, 0.25) is 0 Å². The van der Waals surface area contributed by atoms with Crippen LogP contribution in [0.25, 0.3) is 11.0 Å². The quantitative estimate of drug-likeness (QED) is 0.774. The predicted octanol–water partition coefficient (Wildman–Crippen LogP) is 1.39. The first kappa shape index (κ1) is 17.1. The monoisotopic (exact) mass is 331 g/mol. The fourth-order valence-electron chi connectivity index (χ4n) is 2.21. The summed E-state index contributed by atoms with van der Waals surface area (Å²) < 4.78 is 38.1. The number of alkyl halides is 3. The van der Waals surface area contributed by atoms with Crippen LogP contribution in [0.3, 0.4) is 0 Å². The average Bonchev–Trinajstić information content (AvgIpc) is 2.72. The van der Waals surface area contributed by atoms with E-state index in [0.717, 1.165) is 0 Å². The van der Waals surface area contributed by atoms with Crippen LogP contribution in [0.2, 0.25) is 0 Å². The number of aromatic nitrogens is 2. The molecule has 6 nitrogen and oxygen atoms in total. The molecule has 0 saturated carbocycles. The fraction of sp³-hybridized carbons (Fsp3) is 0.429. The Kier molecular flexibility index (Phi) is 4.79. The first-order chi connectivity index (χ1) is 10.7. The van der Waals surface area contributed by atoms with E-state index in [0.29, 0.717) is 11.0 Å². The molecule has 3 N–H and O–H groups in total. The van der Waals surface area contributed by atoms with Crippen molar-refractivity contribution in [1.82, 2.24) is 14.9 Å². The van der Waals surface area contributed by atoms with Gasteiger partial charge in [-0.25, -0.2) is 4.79 Å². The number of H-pyrrole nitrogens is 1. The minimum Gasteiger partial charge on any atom is -0.396 e. The predicted molar refractivity (Wildman–Crippen MR) is 77.2 cm³/mol. The molecule has 1 atom stereocenters. The molecule has 1 amide bonds. The van der Waals surface area contributed by atoms with Crippen molar-refractivity contribution in [2.45, 2.75) is 32.1 Å². The molecule has 0 spiro atoms. The molecule has 9 heteroatoms. The number of nitrogens with one attached hydrogen (secondary N) is 2. The van der Waals surface area contributed by atoms with Crippen LogP contribution in [0.4, 0.5) is 13.2 Å². The number of nitrogens with zero attached hydrogens (tertiary/aromatic N) is 1. The van der Waals surface area contributed by atoms with Gasteiger partial charge in [-0.3, -0.25) is 9.36 Å². The molecule has 0 saturated heterocycles. The van der Waals surface area contributed by atoms with Gasteiger partial charge in [0.1, 0.15) is 6.54 Å². The van der Waals surface area contributed by atoms with Gasteiger partial charge in [0.05, 0.1) is 11.0 Å². The maximum atomic E-state index is 12.5. The van der Waals surface area contributed by atoms with Crippen LogP contribution in [0, 0.1) is 0 Å². The molecule has 0 bridgehead atoms. The summed E-state index contributed by atoms with van der Waals surface area (Å²) in [5.41, 5.74) is -0.444. The van der Waals surface area contributed by atoms with Crippen LogP contribution in [0.15, 0.2) is 23.0 Å². The van der Waals surface area contributed by atoms with Gasteiger partial charge in [0.25, 0.3) is 5.91 Å². The zero-order valence-corrected chi connectivity index (χ0v) is 12.3. The topological polar surface area (TPSA) is 87.1 Å². The van der Waals surface area contributed by atoms with E-state index in [1.165, 1.54) is 18.2 Å². The van der Waals surface area contributed by atoms with E-state index in [2.05, 4.69) is 10.3 Å². The van der Waals surface area contributed by atoms with Crippen molar-refractivity contribution in [3.8, 4) is 0 Å². The minimum atomic E-state index is -4.52. The summed E-state index contributed by atoms with van der Waals surface area (Å²) in [6.45, 7) is 0.243. The Labute approximate surface area is 128 Å². The van der Waals surface area contributed by atoms with E-state index in [9.17, 15) is 22.8 Å². The molecule has 0 radical (unpaired) electrons. The molecule has 1 heterocycles. The lowest BCUT2D eigenvalue weighted by molar-refractivity contribution is -0.140. The zero-order valence-electron chi connectivity index (χ0n) is 12.3. The summed E-state index contributed by atoms with van der Waals surface area (Å²) in [5, 5.41) is 11.4. The standard InChI is InChI=1S/C14H16F3N3O3/c1-8(4-5-21)18-12(22)9-2-3-11-10(6-9)19-13(23)20(11)7-14(15,16)17/h2-3,6,8,21H,4-5,7H2,1H3,(H,18,22)(H,19,23)/t8-/m1/s1. The maximum absolute atomic E-state index is 12.5. The minimum absolute atomic E-state index is 0.0753. The molecule has 0 aliphatic rings. The highest BCUT2D eigenvalue weighted by atomic mass is 19.4. The second kappa shape index (κ2) is 6.45. The second-order valence-corrected chi connectivity index (χ2v) is 5.25. The molecule has 0 aliphatic heterocycles. The highest BCUT2D eigenvalue weighted by Gasteiger charge is 2.29. The number of hydrogen-bond donors (Lipinski definition) is 3. The Bertz CT molecular complexity index is 764. The van der Waals surface area contributed by atoms with Gasteiger partial charge in [0.15, 0.2) is 0 Å². The largest absolute Gasteiger partial charge is 0.406 e.